The molecule has 18 heavy (non-hydrogen) atoms. The van der Waals surface area contributed by atoms with E-state index in [0.29, 0.717) is 12.1 Å². The quantitative estimate of drug-likeness (QED) is 0.865. The third-order valence-electron chi connectivity index (χ3n) is 4.57. The van der Waals surface area contributed by atoms with Crippen LogP contribution in [0.25, 0.3) is 0 Å². The average molecular weight is 246 g/mol. The zero-order valence-corrected chi connectivity index (χ0v) is 12.1. The van der Waals surface area contributed by atoms with Crippen molar-refractivity contribution >= 4 is 0 Å². The lowest BCUT2D eigenvalue weighted by Gasteiger charge is -2.34. The second-order valence-electron chi connectivity index (χ2n) is 5.92. The maximum absolute atomic E-state index is 6.41. The highest BCUT2D eigenvalue weighted by atomic mass is 15.2. The van der Waals surface area contributed by atoms with Crippen molar-refractivity contribution in [3.8, 4) is 0 Å². The third-order valence-corrected chi connectivity index (χ3v) is 4.57. The summed E-state index contributed by atoms with van der Waals surface area (Å²) in [5, 5.41) is 0. The highest BCUT2D eigenvalue weighted by molar-refractivity contribution is 5.24. The van der Waals surface area contributed by atoms with Gasteiger partial charge < -0.3 is 5.73 Å². The summed E-state index contributed by atoms with van der Waals surface area (Å²) in [5.74, 6) is 0.891. The van der Waals surface area contributed by atoms with Crippen LogP contribution in [-0.4, -0.2) is 24.0 Å². The fourth-order valence-corrected chi connectivity index (χ4v) is 2.60. The van der Waals surface area contributed by atoms with Crippen molar-refractivity contribution in [1.29, 1.82) is 0 Å². The van der Waals surface area contributed by atoms with Crippen LogP contribution in [0.4, 0.5) is 0 Å². The first-order valence-electron chi connectivity index (χ1n) is 7.04. The van der Waals surface area contributed by atoms with Gasteiger partial charge in [0.15, 0.2) is 0 Å². The first-order chi connectivity index (χ1) is 8.50. The van der Waals surface area contributed by atoms with Crippen molar-refractivity contribution in [2.24, 2.45) is 11.7 Å². The number of nitrogens with zero attached hydrogens (tertiary/aromatic N) is 1. The Morgan fingerprint density at radius 3 is 2.22 bits per heavy atom. The van der Waals surface area contributed by atoms with Crippen molar-refractivity contribution in [3.05, 3.63) is 35.4 Å². The van der Waals surface area contributed by atoms with E-state index in [0.717, 1.165) is 5.92 Å². The van der Waals surface area contributed by atoms with Gasteiger partial charge in [-0.15, -0.1) is 0 Å². The van der Waals surface area contributed by atoms with E-state index in [9.17, 15) is 0 Å². The zero-order valence-electron chi connectivity index (χ0n) is 12.1. The molecule has 2 N–H and O–H groups in total. The first-order valence-corrected chi connectivity index (χ1v) is 7.04. The molecule has 1 aliphatic rings. The fraction of sp³-hybridized carbons (Fsp3) is 0.625. The molecule has 1 saturated carbocycles. The molecule has 1 fully saturated rings. The van der Waals surface area contributed by atoms with Gasteiger partial charge in [-0.1, -0.05) is 29.8 Å². The SMILES string of the molecule is Cc1ccc(C(N)C(C)N(C)C(C)C2CC2)cc1. The lowest BCUT2D eigenvalue weighted by atomic mass is 9.98. The zero-order chi connectivity index (χ0) is 13.3. The molecule has 1 aliphatic carbocycles. The molecule has 0 amide bonds. The molecule has 3 atom stereocenters. The monoisotopic (exact) mass is 246 g/mol. The number of hydrogen-bond acceptors (Lipinski definition) is 2. The summed E-state index contributed by atoms with van der Waals surface area (Å²) < 4.78 is 0. The van der Waals surface area contributed by atoms with Gasteiger partial charge in [0.25, 0.3) is 0 Å². The Morgan fingerprint density at radius 1 is 1.17 bits per heavy atom. The summed E-state index contributed by atoms with van der Waals surface area (Å²) in [6.07, 6.45) is 2.77. The van der Waals surface area contributed by atoms with E-state index in [2.05, 4.69) is 57.0 Å². The molecule has 2 heteroatoms. The fourth-order valence-electron chi connectivity index (χ4n) is 2.60. The number of nitrogens with two attached hydrogens (primary N) is 1. The molecule has 100 valence electrons. The van der Waals surface area contributed by atoms with Gasteiger partial charge >= 0.3 is 0 Å². The molecule has 0 bridgehead atoms. The molecule has 0 aromatic heterocycles. The molecule has 3 unspecified atom stereocenters. The molecule has 0 radical (unpaired) electrons. The van der Waals surface area contributed by atoms with E-state index in [4.69, 9.17) is 5.73 Å². The minimum Gasteiger partial charge on any atom is -0.323 e. The molecule has 1 aromatic rings. The van der Waals surface area contributed by atoms with Crippen LogP contribution in [0.15, 0.2) is 24.3 Å². The Balaban J connectivity index is 2.02. The van der Waals surface area contributed by atoms with E-state index in [1.807, 2.05) is 0 Å². The molecule has 0 saturated heterocycles. The largest absolute Gasteiger partial charge is 0.323 e. The van der Waals surface area contributed by atoms with Gasteiger partial charge in [0.05, 0.1) is 0 Å². The Hall–Kier alpha value is -0.860. The van der Waals surface area contributed by atoms with Gasteiger partial charge in [0.1, 0.15) is 0 Å². The molecular formula is C16H26N2. The van der Waals surface area contributed by atoms with Gasteiger partial charge in [-0.3, -0.25) is 4.90 Å². The lowest BCUT2D eigenvalue weighted by Crippen LogP contribution is -2.44. The number of hydrogen-bond donors (Lipinski definition) is 1. The van der Waals surface area contributed by atoms with Gasteiger partial charge in [0, 0.05) is 18.1 Å². The molecule has 2 rings (SSSR count). The maximum Gasteiger partial charge on any atom is 0.0450 e. The smallest absolute Gasteiger partial charge is 0.0450 e. The van der Waals surface area contributed by atoms with Crippen molar-refractivity contribution < 1.29 is 0 Å². The topological polar surface area (TPSA) is 29.3 Å². The Kier molecular flexibility index (Phi) is 4.08. The van der Waals surface area contributed by atoms with E-state index in [-0.39, 0.29) is 6.04 Å². The Labute approximate surface area is 111 Å². The summed E-state index contributed by atoms with van der Waals surface area (Å²) in [4.78, 5) is 2.45. The number of rotatable bonds is 5. The molecular weight excluding hydrogens is 220 g/mol. The summed E-state index contributed by atoms with van der Waals surface area (Å²) in [6.45, 7) is 6.68. The van der Waals surface area contributed by atoms with E-state index in [1.165, 1.54) is 24.0 Å². The Bertz CT molecular complexity index is 381. The highest BCUT2D eigenvalue weighted by Gasteiger charge is 2.33. The van der Waals surface area contributed by atoms with Crippen LogP contribution in [0.2, 0.25) is 0 Å². The van der Waals surface area contributed by atoms with Crippen LogP contribution in [0, 0.1) is 12.8 Å². The van der Waals surface area contributed by atoms with Crippen molar-refractivity contribution in [2.75, 3.05) is 7.05 Å². The van der Waals surface area contributed by atoms with Crippen LogP contribution >= 0.6 is 0 Å². The summed E-state index contributed by atoms with van der Waals surface area (Å²) in [7, 11) is 2.21. The first kappa shape index (κ1) is 13.6. The lowest BCUT2D eigenvalue weighted by molar-refractivity contribution is 0.157. The molecule has 0 spiro atoms. The third kappa shape index (κ3) is 2.93. The van der Waals surface area contributed by atoms with Crippen molar-refractivity contribution in [2.45, 2.75) is 51.7 Å². The summed E-state index contributed by atoms with van der Waals surface area (Å²) >= 11 is 0. The second-order valence-corrected chi connectivity index (χ2v) is 5.92. The van der Waals surface area contributed by atoms with Crippen LogP contribution < -0.4 is 5.73 Å². The number of aryl methyl sites for hydroxylation is 1. The number of likely N-dealkylation sites (N-methyl/N-ethyl adjacent to an activating group) is 1. The molecule has 1 aromatic carbocycles. The maximum atomic E-state index is 6.41. The van der Waals surface area contributed by atoms with Gasteiger partial charge in [-0.05, 0) is 52.1 Å². The van der Waals surface area contributed by atoms with Crippen LogP contribution in [0.1, 0.15) is 43.9 Å². The minimum atomic E-state index is 0.0943. The van der Waals surface area contributed by atoms with Crippen LogP contribution in [0.5, 0.6) is 0 Å². The molecule has 0 aliphatic heterocycles. The van der Waals surface area contributed by atoms with E-state index in [1.54, 1.807) is 0 Å². The second kappa shape index (κ2) is 5.41. The summed E-state index contributed by atoms with van der Waals surface area (Å²) in [5.41, 5.74) is 8.94. The predicted octanol–water partition coefficient (Wildman–Crippen LogP) is 3.11. The Morgan fingerprint density at radius 2 is 1.72 bits per heavy atom. The van der Waals surface area contributed by atoms with Gasteiger partial charge in [0.2, 0.25) is 0 Å². The standard InChI is InChI=1S/C16H26N2/c1-11-5-7-15(8-6-11)16(17)13(3)18(4)12(2)14-9-10-14/h5-8,12-14,16H,9-10,17H2,1-4H3. The molecule has 0 heterocycles. The van der Waals surface area contributed by atoms with Crippen LogP contribution in [-0.2, 0) is 0 Å². The van der Waals surface area contributed by atoms with Gasteiger partial charge in [-0.2, -0.15) is 0 Å². The number of benzene rings is 1. The van der Waals surface area contributed by atoms with Gasteiger partial charge in [-0.25, -0.2) is 0 Å². The van der Waals surface area contributed by atoms with Crippen LogP contribution in [0.3, 0.4) is 0 Å². The summed E-state index contributed by atoms with van der Waals surface area (Å²) in [6, 6.07) is 9.73. The van der Waals surface area contributed by atoms with E-state index < -0.39 is 0 Å². The minimum absolute atomic E-state index is 0.0943. The highest BCUT2D eigenvalue weighted by Crippen LogP contribution is 2.36. The molecule has 2 nitrogen and oxygen atoms in total. The van der Waals surface area contributed by atoms with E-state index >= 15 is 0 Å². The average Bonchev–Trinajstić information content (AvgIpc) is 3.20. The predicted molar refractivity (Wildman–Crippen MR) is 77.5 cm³/mol. The van der Waals surface area contributed by atoms with Crippen molar-refractivity contribution in [1.82, 2.24) is 4.90 Å². The van der Waals surface area contributed by atoms with Crippen molar-refractivity contribution in [3.63, 3.8) is 0 Å². The normalized spacial score (nSPS) is 20.8.